The minimum atomic E-state index is 0.862. The molecule has 1 nitrogen and oxygen atoms in total. The van der Waals surface area contributed by atoms with Gasteiger partial charge in [0.05, 0.1) is 0 Å². The summed E-state index contributed by atoms with van der Waals surface area (Å²) in [5.41, 5.74) is 30.1. The summed E-state index contributed by atoms with van der Waals surface area (Å²) in [6.45, 7) is 0. The molecule has 0 aliphatic heterocycles. The van der Waals surface area contributed by atoms with Gasteiger partial charge in [0.25, 0.3) is 0 Å². The van der Waals surface area contributed by atoms with E-state index in [0.29, 0.717) is 0 Å². The molecule has 0 saturated carbocycles. The molecular formula is C132H80O. The molecule has 0 bridgehead atoms. The van der Waals surface area contributed by atoms with Crippen LogP contribution in [0.1, 0.15) is 0 Å². The molecule has 0 amide bonds. The van der Waals surface area contributed by atoms with Crippen molar-refractivity contribution in [3.8, 4) is 134 Å². The zero-order valence-corrected chi connectivity index (χ0v) is 72.6. The minimum Gasteiger partial charge on any atom is -0.455 e. The van der Waals surface area contributed by atoms with Gasteiger partial charge >= 0.3 is 0 Å². The summed E-state index contributed by atoms with van der Waals surface area (Å²) >= 11 is 0. The lowest BCUT2D eigenvalue weighted by Gasteiger charge is -2.21. The van der Waals surface area contributed by atoms with E-state index in [1.807, 2.05) is 0 Å². The van der Waals surface area contributed by atoms with Gasteiger partial charge in [-0.2, -0.15) is 0 Å². The van der Waals surface area contributed by atoms with Crippen LogP contribution in [-0.4, -0.2) is 0 Å². The maximum Gasteiger partial charge on any atom is 0.143 e. The summed E-state index contributed by atoms with van der Waals surface area (Å²) in [6.07, 6.45) is 0. The average molecular weight is 1680 g/mol. The summed E-state index contributed by atoms with van der Waals surface area (Å²) in [5, 5.41) is 30.9. The molecule has 614 valence electrons. The second-order valence-electron chi connectivity index (χ2n) is 35.7. The molecule has 1 aromatic heterocycles. The van der Waals surface area contributed by atoms with E-state index in [0.717, 1.165) is 88.0 Å². The van der Waals surface area contributed by atoms with Crippen molar-refractivity contribution in [2.75, 3.05) is 0 Å². The van der Waals surface area contributed by atoms with Crippen molar-refractivity contribution in [2.45, 2.75) is 0 Å². The molecule has 0 saturated heterocycles. The molecule has 27 aromatic rings. The lowest BCUT2D eigenvalue weighted by atomic mass is 9.82. The first-order valence-electron chi connectivity index (χ1n) is 46.2. The summed E-state index contributed by atoms with van der Waals surface area (Å²) in [6, 6.07) is 181. The van der Waals surface area contributed by atoms with E-state index in [9.17, 15) is 0 Å². The first kappa shape index (κ1) is 75.8. The monoisotopic (exact) mass is 1680 g/mol. The van der Waals surface area contributed by atoms with Crippen LogP contribution in [0.4, 0.5) is 0 Å². The van der Waals surface area contributed by atoms with Gasteiger partial charge in [-0.05, 0) is 289 Å². The van der Waals surface area contributed by atoms with Crippen LogP contribution in [0.15, 0.2) is 490 Å². The van der Waals surface area contributed by atoms with Crippen LogP contribution in [0, 0.1) is 0 Å². The number of para-hydroxylation sites is 1. The van der Waals surface area contributed by atoms with E-state index in [4.69, 9.17) is 4.42 Å². The van der Waals surface area contributed by atoms with Crippen LogP contribution in [0.3, 0.4) is 0 Å². The third kappa shape index (κ3) is 12.2. The molecule has 0 spiro atoms. The maximum atomic E-state index is 7.84. The number of benzene rings is 26. The molecule has 133 heavy (non-hydrogen) atoms. The molecule has 0 unspecified atom stereocenters. The highest BCUT2D eigenvalue weighted by Crippen LogP contribution is 2.55. The zero-order valence-electron chi connectivity index (χ0n) is 72.6. The van der Waals surface area contributed by atoms with Crippen molar-refractivity contribution in [3.05, 3.63) is 485 Å². The van der Waals surface area contributed by atoms with Crippen molar-refractivity contribution >= 4 is 151 Å². The number of hydrogen-bond donors (Lipinski definition) is 0. The van der Waals surface area contributed by atoms with E-state index in [1.54, 1.807) is 0 Å². The molecule has 0 N–H and O–H groups in total. The van der Waals surface area contributed by atoms with Gasteiger partial charge in [-0.25, -0.2) is 0 Å². The highest BCUT2D eigenvalue weighted by atomic mass is 16.3. The second kappa shape index (κ2) is 30.7. The molecular weight excluding hydrogens is 1600 g/mol. The number of hydrogen-bond acceptors (Lipinski definition) is 1. The molecule has 1 heterocycles. The SMILES string of the molecule is c1ccc(-c2ccc(-c3c4ccccc4c(-c4cccc(-c5ccc6ccccc6c5)c4)c4cc(-c5ccc6c(c5)c5ccc(-c7ccc(-c8ccc(-c9c%10ccccc%10c(-c%10cccc(-c%11cccc%12ccccc%11%12)c%10)c%10ccccc9%10)c9ccccc89)cc7)cc5c5c7cccc(-c8c9ccccc9c(-c9ccccc9)c9ccccc89)c7oc65)ccc34)c3ccccc23)cc1. The number of furan rings is 1. The van der Waals surface area contributed by atoms with Gasteiger partial charge in [0.15, 0.2) is 0 Å². The summed E-state index contributed by atoms with van der Waals surface area (Å²) in [4.78, 5) is 0. The highest BCUT2D eigenvalue weighted by molar-refractivity contribution is 6.34. The Balaban J connectivity index is 0.637. The van der Waals surface area contributed by atoms with Crippen molar-refractivity contribution < 1.29 is 4.42 Å². The topological polar surface area (TPSA) is 13.1 Å². The highest BCUT2D eigenvalue weighted by Gasteiger charge is 2.28. The van der Waals surface area contributed by atoms with Crippen molar-refractivity contribution in [1.29, 1.82) is 0 Å². The van der Waals surface area contributed by atoms with Crippen LogP contribution in [-0.2, 0) is 0 Å². The third-order valence-corrected chi connectivity index (χ3v) is 28.6. The summed E-state index contributed by atoms with van der Waals surface area (Å²) < 4.78 is 7.84. The lowest BCUT2D eigenvalue weighted by molar-refractivity contribution is 0.674. The van der Waals surface area contributed by atoms with Gasteiger partial charge in [0.2, 0.25) is 0 Å². The fourth-order valence-electron chi connectivity index (χ4n) is 22.6. The predicted molar refractivity (Wildman–Crippen MR) is 569 cm³/mol. The van der Waals surface area contributed by atoms with E-state index in [-0.39, 0.29) is 0 Å². The van der Waals surface area contributed by atoms with Gasteiger partial charge < -0.3 is 4.42 Å². The molecule has 0 aliphatic carbocycles. The fraction of sp³-hybridized carbons (Fsp3) is 0. The Morgan fingerprint density at radius 1 is 0.105 bits per heavy atom. The Labute approximate surface area is 768 Å². The van der Waals surface area contributed by atoms with Gasteiger partial charge in [0, 0.05) is 27.3 Å². The Kier molecular flexibility index (Phi) is 17.5. The fourth-order valence-corrected chi connectivity index (χ4v) is 22.6. The van der Waals surface area contributed by atoms with E-state index in [1.165, 1.54) is 197 Å². The molecule has 0 atom stereocenters. The van der Waals surface area contributed by atoms with Crippen LogP contribution in [0.25, 0.3) is 285 Å². The summed E-state index contributed by atoms with van der Waals surface area (Å²) in [5.74, 6) is 0. The zero-order chi connectivity index (χ0) is 87.3. The minimum absolute atomic E-state index is 0.862. The van der Waals surface area contributed by atoms with Crippen molar-refractivity contribution in [1.82, 2.24) is 0 Å². The van der Waals surface area contributed by atoms with Crippen molar-refractivity contribution in [2.24, 2.45) is 0 Å². The van der Waals surface area contributed by atoms with E-state index >= 15 is 0 Å². The number of rotatable bonds is 12. The van der Waals surface area contributed by atoms with Crippen LogP contribution < -0.4 is 0 Å². The lowest BCUT2D eigenvalue weighted by Crippen LogP contribution is -1.93. The quantitative estimate of drug-likeness (QED) is 0.0878. The number of fused-ring (bicyclic) bond motifs is 18. The Bertz CT molecular complexity index is 9450. The van der Waals surface area contributed by atoms with Crippen LogP contribution in [0.2, 0.25) is 0 Å². The van der Waals surface area contributed by atoms with Crippen LogP contribution >= 0.6 is 0 Å². The molecule has 0 radical (unpaired) electrons. The predicted octanol–water partition coefficient (Wildman–Crippen LogP) is 37.4. The third-order valence-electron chi connectivity index (χ3n) is 28.6. The van der Waals surface area contributed by atoms with Gasteiger partial charge in [-0.3, -0.25) is 0 Å². The van der Waals surface area contributed by atoms with Crippen molar-refractivity contribution in [3.63, 3.8) is 0 Å². The van der Waals surface area contributed by atoms with Gasteiger partial charge in [-0.1, -0.05) is 443 Å². The Morgan fingerprint density at radius 2 is 0.414 bits per heavy atom. The smallest absolute Gasteiger partial charge is 0.143 e. The van der Waals surface area contributed by atoms with Crippen LogP contribution in [0.5, 0.6) is 0 Å². The molecule has 0 fully saturated rings. The molecule has 27 rings (SSSR count). The van der Waals surface area contributed by atoms with E-state index in [2.05, 4.69) is 485 Å². The second-order valence-corrected chi connectivity index (χ2v) is 35.7. The summed E-state index contributed by atoms with van der Waals surface area (Å²) in [7, 11) is 0. The molecule has 26 aromatic carbocycles. The Hall–Kier alpha value is -17.4. The van der Waals surface area contributed by atoms with Gasteiger partial charge in [0.1, 0.15) is 11.2 Å². The Morgan fingerprint density at radius 3 is 0.985 bits per heavy atom. The van der Waals surface area contributed by atoms with E-state index < -0.39 is 0 Å². The van der Waals surface area contributed by atoms with Gasteiger partial charge in [-0.15, -0.1) is 0 Å². The molecule has 0 aliphatic rings. The average Bonchev–Trinajstić information content (AvgIpc) is 1.43. The normalized spacial score (nSPS) is 11.9. The standard InChI is InChI=1S/C132H80O/c1-3-30-83(31-4-1)98-71-73-116(102-44-13-11-42-100(98)102)128-112-53-22-19-50-109(112)126(94-39-25-37-88(76-94)89-64-61-81-29-7-8-35-87(81)75-89)123-80-92(66-69-117(123)128)91-67-70-118-121(78-91)104-68-65-90(79-122(104)130-120-58-28-57-119(131(120)133-132(118)130)129-113-54-23-15-46-105(113)124(86-33-5-2-6-34-86)106-47-16-24-55-114(106)129)82-59-62-85(63-60-82)99-72-74-115(103-45-14-12-43-101(99)103)127-110-51-20-17-48-107(110)125(108-49-18-21-52-111(108)127)95-40-26-38-93(77-95)97-56-27-36-84-32-9-10-41-96(84)97/h1-80H. The maximum absolute atomic E-state index is 7.84. The largest absolute Gasteiger partial charge is 0.455 e. The first-order valence-corrected chi connectivity index (χ1v) is 46.2. The first-order chi connectivity index (χ1) is 66.0. The molecule has 1 heteroatoms.